The van der Waals surface area contributed by atoms with Crippen molar-refractivity contribution in [3.05, 3.63) is 0 Å². The van der Waals surface area contributed by atoms with Crippen molar-refractivity contribution < 1.29 is 13.2 Å². The number of hydrogen-bond donors (Lipinski definition) is 3. The molecule has 0 unspecified atom stereocenters. The van der Waals surface area contributed by atoms with Gasteiger partial charge in [0.25, 0.3) is 0 Å². The second-order valence-corrected chi connectivity index (χ2v) is 5.09. The molecule has 8 heteroatoms. The van der Waals surface area contributed by atoms with Crippen molar-refractivity contribution in [2.75, 3.05) is 19.3 Å². The monoisotopic (exact) mass is 239 g/mol. The molecule has 0 saturated heterocycles. The van der Waals surface area contributed by atoms with E-state index in [0.717, 1.165) is 0 Å². The average molecular weight is 239 g/mol. The molecule has 0 aromatic carbocycles. The van der Waals surface area contributed by atoms with Crippen molar-refractivity contribution in [2.24, 2.45) is 5.73 Å². The van der Waals surface area contributed by atoms with Crippen molar-refractivity contribution in [3.8, 4) is 0 Å². The first-order valence-electron chi connectivity index (χ1n) is 3.83. The quantitative estimate of drug-likeness (QED) is 0.481. The fourth-order valence-corrected chi connectivity index (χ4v) is 1.35. The summed E-state index contributed by atoms with van der Waals surface area (Å²) in [6, 6.07) is 0. The molecule has 6 nitrogen and oxygen atoms in total. The Bertz CT molecular complexity index is 312. The third-order valence-corrected chi connectivity index (χ3v) is 2.85. The minimum Gasteiger partial charge on any atom is -0.393 e. The van der Waals surface area contributed by atoms with E-state index in [9.17, 15) is 13.2 Å². The molecule has 0 aromatic rings. The molecule has 0 aromatic heterocycles. The predicted molar refractivity (Wildman–Crippen MR) is 57.3 cm³/mol. The van der Waals surface area contributed by atoms with Gasteiger partial charge in [0.05, 0.1) is 17.2 Å². The van der Waals surface area contributed by atoms with Crippen LogP contribution in [0, 0.1) is 0 Å². The predicted octanol–water partition coefficient (Wildman–Crippen LogP) is -1.67. The topological polar surface area (TPSA) is 101 Å². The zero-order valence-electron chi connectivity index (χ0n) is 7.74. The summed E-state index contributed by atoms with van der Waals surface area (Å²) in [6.45, 7) is 0.0463. The van der Waals surface area contributed by atoms with E-state index < -0.39 is 10.0 Å². The highest BCUT2D eigenvalue weighted by atomic mass is 32.2. The standard InChI is InChI=1S/C6H13N3O3S2/c1-8-14(11,12)3-2-9-6(10)4-5(7)13/h8H,2-4H2,1H3,(H2,7,13)(H,9,10). The Morgan fingerprint density at radius 3 is 2.50 bits per heavy atom. The van der Waals surface area contributed by atoms with Crippen molar-refractivity contribution in [1.29, 1.82) is 0 Å². The summed E-state index contributed by atoms with van der Waals surface area (Å²) in [4.78, 5) is 11.0. The molecular formula is C6H13N3O3S2. The zero-order valence-corrected chi connectivity index (χ0v) is 9.37. The van der Waals surface area contributed by atoms with Gasteiger partial charge in [-0.25, -0.2) is 13.1 Å². The summed E-state index contributed by atoms with van der Waals surface area (Å²) in [6.07, 6.45) is -0.0606. The van der Waals surface area contributed by atoms with E-state index in [4.69, 9.17) is 5.73 Å². The van der Waals surface area contributed by atoms with E-state index in [-0.39, 0.29) is 29.6 Å². The summed E-state index contributed by atoms with van der Waals surface area (Å²) in [5.41, 5.74) is 5.12. The van der Waals surface area contributed by atoms with Crippen molar-refractivity contribution in [3.63, 3.8) is 0 Å². The van der Waals surface area contributed by atoms with Crippen LogP contribution in [0.3, 0.4) is 0 Å². The van der Waals surface area contributed by atoms with Crippen LogP contribution in [0.25, 0.3) is 0 Å². The number of thiocarbonyl (C=S) groups is 1. The van der Waals surface area contributed by atoms with E-state index in [1.54, 1.807) is 0 Å². The lowest BCUT2D eigenvalue weighted by Crippen LogP contribution is -2.34. The number of hydrogen-bond acceptors (Lipinski definition) is 4. The highest BCUT2D eigenvalue weighted by Gasteiger charge is 2.08. The van der Waals surface area contributed by atoms with Gasteiger partial charge >= 0.3 is 0 Å². The van der Waals surface area contributed by atoms with Crippen LogP contribution in [0.4, 0.5) is 0 Å². The third-order valence-electron chi connectivity index (χ3n) is 1.34. The SMILES string of the molecule is CNS(=O)(=O)CCNC(=O)CC(N)=S. The molecule has 0 bridgehead atoms. The van der Waals surface area contributed by atoms with Crippen molar-refractivity contribution in [2.45, 2.75) is 6.42 Å². The van der Waals surface area contributed by atoms with E-state index >= 15 is 0 Å². The molecule has 1 amide bonds. The Morgan fingerprint density at radius 2 is 2.07 bits per heavy atom. The van der Waals surface area contributed by atoms with Crippen LogP contribution in [0.5, 0.6) is 0 Å². The molecule has 14 heavy (non-hydrogen) atoms. The lowest BCUT2D eigenvalue weighted by atomic mass is 10.4. The van der Waals surface area contributed by atoms with Crippen molar-refractivity contribution in [1.82, 2.24) is 10.0 Å². The van der Waals surface area contributed by atoms with Gasteiger partial charge in [0.1, 0.15) is 0 Å². The molecule has 82 valence electrons. The number of sulfonamides is 1. The molecule has 4 N–H and O–H groups in total. The van der Waals surface area contributed by atoms with Gasteiger partial charge in [0.2, 0.25) is 15.9 Å². The van der Waals surface area contributed by atoms with Gasteiger partial charge < -0.3 is 11.1 Å². The number of nitrogens with one attached hydrogen (secondary N) is 2. The van der Waals surface area contributed by atoms with Crippen LogP contribution in [0.2, 0.25) is 0 Å². The van der Waals surface area contributed by atoms with Gasteiger partial charge in [-0.1, -0.05) is 12.2 Å². The Balaban J connectivity index is 3.75. The summed E-state index contributed by atoms with van der Waals surface area (Å²) in [7, 11) is -1.96. The molecule has 0 radical (unpaired) electrons. The summed E-state index contributed by atoms with van der Waals surface area (Å²) < 4.78 is 23.9. The molecule has 0 aliphatic rings. The Labute approximate surface area is 88.3 Å². The first kappa shape index (κ1) is 13.3. The Kier molecular flexibility index (Phi) is 5.58. The molecule has 0 heterocycles. The minimum absolute atomic E-state index is 0.0463. The van der Waals surface area contributed by atoms with Gasteiger partial charge in [-0.05, 0) is 7.05 Å². The van der Waals surface area contributed by atoms with Crippen LogP contribution >= 0.6 is 12.2 Å². The molecule has 0 atom stereocenters. The number of rotatable bonds is 6. The van der Waals surface area contributed by atoms with E-state index in [0.29, 0.717) is 0 Å². The molecule has 0 saturated carbocycles. The Morgan fingerprint density at radius 1 is 1.50 bits per heavy atom. The van der Waals surface area contributed by atoms with Gasteiger partial charge in [0, 0.05) is 6.54 Å². The number of nitrogens with two attached hydrogens (primary N) is 1. The first-order chi connectivity index (χ1) is 6.37. The molecule has 0 rings (SSSR count). The van der Waals surface area contributed by atoms with Crippen LogP contribution in [0.1, 0.15) is 6.42 Å². The normalized spacial score (nSPS) is 10.9. The average Bonchev–Trinajstić information content (AvgIpc) is 2.02. The third kappa shape index (κ3) is 6.75. The largest absolute Gasteiger partial charge is 0.393 e. The zero-order chi connectivity index (χ0) is 11.2. The van der Waals surface area contributed by atoms with Crippen LogP contribution in [-0.2, 0) is 14.8 Å². The van der Waals surface area contributed by atoms with Gasteiger partial charge in [-0.2, -0.15) is 0 Å². The van der Waals surface area contributed by atoms with Crippen LogP contribution in [0.15, 0.2) is 0 Å². The lowest BCUT2D eigenvalue weighted by Gasteiger charge is -2.04. The first-order valence-corrected chi connectivity index (χ1v) is 5.89. The van der Waals surface area contributed by atoms with Crippen LogP contribution in [-0.4, -0.2) is 38.7 Å². The summed E-state index contributed by atoms with van der Waals surface area (Å²) in [5, 5.41) is 2.38. The second-order valence-electron chi connectivity index (χ2n) is 2.52. The summed E-state index contributed by atoms with van der Waals surface area (Å²) in [5.74, 6) is -0.532. The fourth-order valence-electron chi connectivity index (χ4n) is 0.648. The maximum absolute atomic E-state index is 10.9. The minimum atomic E-state index is -3.27. The van der Waals surface area contributed by atoms with E-state index in [2.05, 4.69) is 22.3 Å². The van der Waals surface area contributed by atoms with E-state index in [1.165, 1.54) is 7.05 Å². The molecule has 0 fully saturated rings. The molecule has 0 aliphatic heterocycles. The van der Waals surface area contributed by atoms with Gasteiger partial charge in [-0.3, -0.25) is 4.79 Å². The highest BCUT2D eigenvalue weighted by molar-refractivity contribution is 7.89. The maximum atomic E-state index is 10.9. The Hall–Kier alpha value is -0.730. The second kappa shape index (κ2) is 5.89. The number of carbonyl (C=O) groups excluding carboxylic acids is 1. The van der Waals surface area contributed by atoms with Gasteiger partial charge in [-0.15, -0.1) is 0 Å². The molecule has 0 aliphatic carbocycles. The van der Waals surface area contributed by atoms with Gasteiger partial charge in [0.15, 0.2) is 0 Å². The molecular weight excluding hydrogens is 226 g/mol. The lowest BCUT2D eigenvalue weighted by molar-refractivity contribution is -0.119. The van der Waals surface area contributed by atoms with E-state index in [1.807, 2.05) is 0 Å². The van der Waals surface area contributed by atoms with Crippen LogP contribution < -0.4 is 15.8 Å². The molecule has 0 spiro atoms. The maximum Gasteiger partial charge on any atom is 0.226 e. The number of amides is 1. The smallest absolute Gasteiger partial charge is 0.226 e. The fraction of sp³-hybridized carbons (Fsp3) is 0.667. The highest BCUT2D eigenvalue weighted by Crippen LogP contribution is 1.82. The summed E-state index contributed by atoms with van der Waals surface area (Å²) >= 11 is 4.50. The number of carbonyl (C=O) groups is 1. The van der Waals surface area contributed by atoms with Crippen molar-refractivity contribution >= 4 is 33.1 Å².